The summed E-state index contributed by atoms with van der Waals surface area (Å²) in [5, 5.41) is 10.4. The van der Waals surface area contributed by atoms with Gasteiger partial charge in [-0.05, 0) is 25.0 Å². The number of halogens is 3. The number of hydrogen-bond acceptors (Lipinski definition) is 3. The van der Waals surface area contributed by atoms with Crippen molar-refractivity contribution in [2.45, 2.75) is 38.4 Å². The average molecular weight is 312 g/mol. The van der Waals surface area contributed by atoms with Crippen LogP contribution >= 0.6 is 0 Å². The molecule has 1 N–H and O–H groups in total. The smallest absolute Gasteiger partial charge is 0.349 e. The molecule has 0 bridgehead atoms. The van der Waals surface area contributed by atoms with Crippen LogP contribution < -0.4 is 5.32 Å². The van der Waals surface area contributed by atoms with Gasteiger partial charge >= 0.3 is 6.18 Å². The molecule has 3 rings (SSSR count). The van der Waals surface area contributed by atoms with Crippen LogP contribution in [0.2, 0.25) is 0 Å². The summed E-state index contributed by atoms with van der Waals surface area (Å²) in [5.74, 6) is 0.221. The van der Waals surface area contributed by atoms with E-state index in [1.807, 2.05) is 0 Å². The first-order chi connectivity index (χ1) is 10.4. The summed E-state index contributed by atoms with van der Waals surface area (Å²) in [6, 6.07) is 2.23. The SMILES string of the molecule is O=C(NCc1nnc2ccc(C(F)(F)F)cn12)C1CCCC1. The highest BCUT2D eigenvalue weighted by Gasteiger charge is 2.31. The van der Waals surface area contributed by atoms with Crippen LogP contribution in [0.15, 0.2) is 18.3 Å². The van der Waals surface area contributed by atoms with E-state index in [-0.39, 0.29) is 24.2 Å². The van der Waals surface area contributed by atoms with Crippen molar-refractivity contribution in [3.63, 3.8) is 0 Å². The van der Waals surface area contributed by atoms with E-state index in [1.54, 1.807) is 0 Å². The number of fused-ring (bicyclic) bond motifs is 1. The number of carbonyl (C=O) groups excluding carboxylic acids is 1. The summed E-state index contributed by atoms with van der Waals surface area (Å²) in [6.07, 6.45) is 0.340. The van der Waals surface area contributed by atoms with Crippen LogP contribution in [-0.2, 0) is 17.5 Å². The Morgan fingerprint density at radius 1 is 1.27 bits per heavy atom. The molecule has 5 nitrogen and oxygen atoms in total. The molecule has 0 radical (unpaired) electrons. The number of alkyl halides is 3. The Morgan fingerprint density at radius 3 is 2.68 bits per heavy atom. The number of carbonyl (C=O) groups is 1. The van der Waals surface area contributed by atoms with E-state index >= 15 is 0 Å². The van der Waals surface area contributed by atoms with Crippen LogP contribution in [-0.4, -0.2) is 20.5 Å². The summed E-state index contributed by atoms with van der Waals surface area (Å²) in [7, 11) is 0. The molecule has 0 unspecified atom stereocenters. The fourth-order valence-corrected chi connectivity index (χ4v) is 2.72. The zero-order valence-electron chi connectivity index (χ0n) is 11.7. The van der Waals surface area contributed by atoms with E-state index in [1.165, 1.54) is 10.5 Å². The molecule has 0 saturated heterocycles. The molecule has 0 aliphatic heterocycles. The van der Waals surface area contributed by atoms with E-state index in [0.717, 1.165) is 37.9 Å². The third kappa shape index (κ3) is 2.90. The van der Waals surface area contributed by atoms with Gasteiger partial charge in [-0.15, -0.1) is 10.2 Å². The summed E-state index contributed by atoms with van der Waals surface area (Å²) in [5.41, 5.74) is -0.457. The standard InChI is InChI=1S/C14H15F3N4O/c15-14(16,17)10-5-6-11-19-20-12(21(11)8-10)7-18-13(22)9-3-1-2-4-9/h5-6,8-9H,1-4,7H2,(H,18,22). The van der Waals surface area contributed by atoms with Gasteiger partial charge in [0.2, 0.25) is 5.91 Å². The van der Waals surface area contributed by atoms with Crippen molar-refractivity contribution in [1.29, 1.82) is 0 Å². The highest BCUT2D eigenvalue weighted by Crippen LogP contribution is 2.29. The van der Waals surface area contributed by atoms with E-state index in [2.05, 4.69) is 15.5 Å². The lowest BCUT2D eigenvalue weighted by atomic mass is 10.1. The Balaban J connectivity index is 1.77. The second-order valence-electron chi connectivity index (χ2n) is 5.46. The van der Waals surface area contributed by atoms with Gasteiger partial charge in [-0.25, -0.2) is 0 Å². The van der Waals surface area contributed by atoms with Gasteiger partial charge in [0.15, 0.2) is 11.5 Å². The van der Waals surface area contributed by atoms with E-state index in [4.69, 9.17) is 0 Å². The molecule has 1 fully saturated rings. The number of pyridine rings is 1. The van der Waals surface area contributed by atoms with Crippen molar-refractivity contribution in [3.05, 3.63) is 29.7 Å². The lowest BCUT2D eigenvalue weighted by Gasteiger charge is -2.10. The Labute approximate surface area is 124 Å². The van der Waals surface area contributed by atoms with Crippen LogP contribution in [0.1, 0.15) is 37.1 Å². The van der Waals surface area contributed by atoms with Crippen molar-refractivity contribution in [2.24, 2.45) is 5.92 Å². The van der Waals surface area contributed by atoms with E-state index < -0.39 is 11.7 Å². The average Bonchev–Trinajstić information content (AvgIpc) is 3.13. The number of aromatic nitrogens is 3. The lowest BCUT2D eigenvalue weighted by Crippen LogP contribution is -2.29. The summed E-state index contributed by atoms with van der Waals surface area (Å²) in [4.78, 5) is 12.0. The van der Waals surface area contributed by atoms with Crippen LogP contribution in [0.25, 0.3) is 5.65 Å². The number of hydrogen-bond donors (Lipinski definition) is 1. The molecular weight excluding hydrogens is 297 g/mol. The zero-order chi connectivity index (χ0) is 15.7. The van der Waals surface area contributed by atoms with E-state index in [9.17, 15) is 18.0 Å². The molecule has 1 aliphatic carbocycles. The number of nitrogens with one attached hydrogen (secondary N) is 1. The Hall–Kier alpha value is -2.12. The Morgan fingerprint density at radius 2 is 2.00 bits per heavy atom. The minimum absolute atomic E-state index is 0.00456. The second kappa shape index (κ2) is 5.58. The normalized spacial score (nSPS) is 16.3. The number of nitrogens with zero attached hydrogens (tertiary/aromatic N) is 3. The molecule has 2 heterocycles. The van der Waals surface area contributed by atoms with Gasteiger partial charge in [0.1, 0.15) is 0 Å². The predicted octanol–water partition coefficient (Wildman–Crippen LogP) is 2.55. The minimum atomic E-state index is -4.43. The maximum absolute atomic E-state index is 12.7. The third-order valence-corrected chi connectivity index (χ3v) is 3.95. The first-order valence-electron chi connectivity index (χ1n) is 7.14. The molecule has 1 aliphatic rings. The predicted molar refractivity (Wildman–Crippen MR) is 71.8 cm³/mol. The van der Waals surface area contributed by atoms with Gasteiger partial charge in [-0.1, -0.05) is 12.8 Å². The van der Waals surface area contributed by atoms with Crippen molar-refractivity contribution in [2.75, 3.05) is 0 Å². The first-order valence-corrected chi connectivity index (χ1v) is 7.14. The first kappa shape index (κ1) is 14.8. The second-order valence-corrected chi connectivity index (χ2v) is 5.46. The monoisotopic (exact) mass is 312 g/mol. The van der Waals surface area contributed by atoms with Gasteiger partial charge in [-0.2, -0.15) is 13.2 Å². The quantitative estimate of drug-likeness (QED) is 0.947. The van der Waals surface area contributed by atoms with Crippen LogP contribution in [0.5, 0.6) is 0 Å². The molecular formula is C14H15F3N4O. The Bertz CT molecular complexity index is 689. The molecule has 8 heteroatoms. The lowest BCUT2D eigenvalue weighted by molar-refractivity contribution is -0.137. The van der Waals surface area contributed by atoms with Crippen molar-refractivity contribution in [1.82, 2.24) is 19.9 Å². The highest BCUT2D eigenvalue weighted by molar-refractivity contribution is 5.78. The molecule has 2 aromatic heterocycles. The maximum atomic E-state index is 12.7. The van der Waals surface area contributed by atoms with Crippen LogP contribution in [0, 0.1) is 5.92 Å². The third-order valence-electron chi connectivity index (χ3n) is 3.95. The molecule has 0 spiro atoms. The van der Waals surface area contributed by atoms with Crippen LogP contribution in [0.4, 0.5) is 13.2 Å². The molecule has 0 atom stereocenters. The van der Waals surface area contributed by atoms with Gasteiger partial charge in [0.25, 0.3) is 0 Å². The van der Waals surface area contributed by atoms with Gasteiger partial charge < -0.3 is 5.32 Å². The van der Waals surface area contributed by atoms with Crippen molar-refractivity contribution < 1.29 is 18.0 Å². The molecule has 22 heavy (non-hydrogen) atoms. The highest BCUT2D eigenvalue weighted by atomic mass is 19.4. The van der Waals surface area contributed by atoms with Crippen molar-refractivity contribution in [3.8, 4) is 0 Å². The summed E-state index contributed by atoms with van der Waals surface area (Å²) >= 11 is 0. The Kier molecular flexibility index (Phi) is 3.76. The topological polar surface area (TPSA) is 59.3 Å². The molecule has 1 amide bonds. The fraction of sp³-hybridized carbons (Fsp3) is 0.500. The molecule has 118 valence electrons. The summed E-state index contributed by atoms with van der Waals surface area (Å²) in [6.45, 7) is 0.0673. The summed E-state index contributed by atoms with van der Waals surface area (Å²) < 4.78 is 39.5. The molecule has 1 saturated carbocycles. The van der Waals surface area contributed by atoms with Crippen LogP contribution in [0.3, 0.4) is 0 Å². The van der Waals surface area contributed by atoms with Gasteiger partial charge in [0.05, 0.1) is 12.1 Å². The van der Waals surface area contributed by atoms with E-state index in [0.29, 0.717) is 5.65 Å². The minimum Gasteiger partial charge on any atom is -0.349 e. The molecule has 2 aromatic rings. The maximum Gasteiger partial charge on any atom is 0.417 e. The largest absolute Gasteiger partial charge is 0.417 e. The molecule has 0 aromatic carbocycles. The number of amides is 1. The fourth-order valence-electron chi connectivity index (χ4n) is 2.72. The van der Waals surface area contributed by atoms with Gasteiger partial charge in [0, 0.05) is 12.1 Å². The van der Waals surface area contributed by atoms with Crippen molar-refractivity contribution >= 4 is 11.6 Å². The zero-order valence-corrected chi connectivity index (χ0v) is 11.7. The van der Waals surface area contributed by atoms with Gasteiger partial charge in [-0.3, -0.25) is 9.20 Å². The number of rotatable bonds is 3.